The maximum Gasteiger partial charge on any atom is 0.242 e. The van der Waals surface area contributed by atoms with E-state index in [-0.39, 0.29) is 16.5 Å². The van der Waals surface area contributed by atoms with Gasteiger partial charge in [-0.15, -0.1) is 0 Å². The SMILES string of the molecule is N#Cc1ccccc1S(=O)(=O)NC1CCc2ccccc21. The lowest BCUT2D eigenvalue weighted by Gasteiger charge is -2.15. The summed E-state index contributed by atoms with van der Waals surface area (Å²) >= 11 is 0. The Morgan fingerprint density at radius 1 is 1.10 bits per heavy atom. The largest absolute Gasteiger partial charge is 0.242 e. The highest BCUT2D eigenvalue weighted by Crippen LogP contribution is 2.32. The second-order valence-electron chi connectivity index (χ2n) is 5.02. The lowest BCUT2D eigenvalue weighted by Crippen LogP contribution is -2.28. The molecule has 106 valence electrons. The summed E-state index contributed by atoms with van der Waals surface area (Å²) in [5, 5.41) is 9.06. The Bertz CT molecular complexity index is 822. The highest BCUT2D eigenvalue weighted by atomic mass is 32.2. The molecule has 0 saturated heterocycles. The van der Waals surface area contributed by atoms with Crippen LogP contribution in [0.1, 0.15) is 29.2 Å². The van der Waals surface area contributed by atoms with E-state index in [2.05, 4.69) is 4.72 Å². The average Bonchev–Trinajstić information content (AvgIpc) is 2.90. The first-order chi connectivity index (χ1) is 10.1. The minimum atomic E-state index is -3.70. The molecule has 0 saturated carbocycles. The lowest BCUT2D eigenvalue weighted by atomic mass is 10.1. The van der Waals surface area contributed by atoms with Crippen molar-refractivity contribution in [2.24, 2.45) is 0 Å². The number of hydrogen-bond donors (Lipinski definition) is 1. The summed E-state index contributed by atoms with van der Waals surface area (Å²) in [6.07, 6.45) is 1.61. The number of nitriles is 1. The fourth-order valence-electron chi connectivity index (χ4n) is 2.72. The molecule has 0 heterocycles. The zero-order chi connectivity index (χ0) is 14.9. The van der Waals surface area contributed by atoms with Crippen LogP contribution < -0.4 is 4.72 Å². The van der Waals surface area contributed by atoms with Gasteiger partial charge < -0.3 is 0 Å². The molecule has 5 heteroatoms. The molecule has 0 amide bonds. The minimum absolute atomic E-state index is 0.0388. The fraction of sp³-hybridized carbons (Fsp3) is 0.188. The van der Waals surface area contributed by atoms with Crippen LogP contribution in [0.15, 0.2) is 53.4 Å². The van der Waals surface area contributed by atoms with Crippen LogP contribution in [0.3, 0.4) is 0 Å². The minimum Gasteiger partial charge on any atom is -0.207 e. The topological polar surface area (TPSA) is 70.0 Å². The van der Waals surface area contributed by atoms with Gasteiger partial charge >= 0.3 is 0 Å². The molecule has 1 aliphatic rings. The van der Waals surface area contributed by atoms with Crippen molar-refractivity contribution in [3.8, 4) is 6.07 Å². The van der Waals surface area contributed by atoms with Gasteiger partial charge in [-0.3, -0.25) is 0 Å². The molecule has 0 aliphatic heterocycles. The monoisotopic (exact) mass is 298 g/mol. The highest BCUT2D eigenvalue weighted by Gasteiger charge is 2.28. The maximum atomic E-state index is 12.5. The lowest BCUT2D eigenvalue weighted by molar-refractivity contribution is 0.554. The zero-order valence-corrected chi connectivity index (χ0v) is 12.1. The summed E-state index contributed by atoms with van der Waals surface area (Å²) in [4.78, 5) is 0.0388. The van der Waals surface area contributed by atoms with Crippen LogP contribution in [0.2, 0.25) is 0 Å². The van der Waals surface area contributed by atoms with Gasteiger partial charge in [-0.2, -0.15) is 5.26 Å². The fourth-order valence-corrected chi connectivity index (χ4v) is 4.13. The predicted octanol–water partition coefficient (Wildman–Crippen LogP) is 2.52. The predicted molar refractivity (Wildman–Crippen MR) is 79.0 cm³/mol. The number of aryl methyl sites for hydroxylation is 1. The van der Waals surface area contributed by atoms with Gasteiger partial charge in [0.05, 0.1) is 10.5 Å². The van der Waals surface area contributed by atoms with Crippen molar-refractivity contribution in [3.05, 3.63) is 65.2 Å². The molecular weight excluding hydrogens is 284 g/mol. The van der Waals surface area contributed by atoms with E-state index in [9.17, 15) is 8.42 Å². The van der Waals surface area contributed by atoms with Gasteiger partial charge in [0.2, 0.25) is 10.0 Å². The van der Waals surface area contributed by atoms with Crippen LogP contribution in [0.4, 0.5) is 0 Å². The summed E-state index contributed by atoms with van der Waals surface area (Å²) in [5.41, 5.74) is 2.37. The van der Waals surface area contributed by atoms with Crippen molar-refractivity contribution in [3.63, 3.8) is 0 Å². The Morgan fingerprint density at radius 2 is 1.81 bits per heavy atom. The standard InChI is InChI=1S/C16H14N2O2S/c17-11-13-6-2-4-8-16(13)21(19,20)18-15-10-9-12-5-1-3-7-14(12)15/h1-8,15,18H,9-10H2. The molecule has 2 aromatic rings. The molecule has 21 heavy (non-hydrogen) atoms. The number of sulfonamides is 1. The summed E-state index contributed by atoms with van der Waals surface area (Å²) < 4.78 is 27.8. The van der Waals surface area contributed by atoms with Crippen LogP contribution in [0.5, 0.6) is 0 Å². The third-order valence-electron chi connectivity index (χ3n) is 3.73. The van der Waals surface area contributed by atoms with Gasteiger partial charge in [-0.1, -0.05) is 36.4 Å². The normalized spacial score (nSPS) is 17.2. The van der Waals surface area contributed by atoms with Crippen LogP contribution in [-0.4, -0.2) is 8.42 Å². The third-order valence-corrected chi connectivity index (χ3v) is 5.26. The van der Waals surface area contributed by atoms with Crippen molar-refractivity contribution in [2.45, 2.75) is 23.8 Å². The highest BCUT2D eigenvalue weighted by molar-refractivity contribution is 7.89. The van der Waals surface area contributed by atoms with Crippen molar-refractivity contribution >= 4 is 10.0 Å². The summed E-state index contributed by atoms with van der Waals surface area (Å²) in [5.74, 6) is 0. The number of hydrogen-bond acceptors (Lipinski definition) is 3. The summed E-state index contributed by atoms with van der Waals surface area (Å²) in [6, 6.07) is 15.8. The van der Waals surface area contributed by atoms with Gasteiger partial charge in [-0.05, 0) is 36.1 Å². The van der Waals surface area contributed by atoms with E-state index < -0.39 is 10.0 Å². The van der Waals surface area contributed by atoms with E-state index >= 15 is 0 Å². The second-order valence-corrected chi connectivity index (χ2v) is 6.70. The van der Waals surface area contributed by atoms with Crippen LogP contribution >= 0.6 is 0 Å². The molecular formula is C16H14N2O2S. The Morgan fingerprint density at radius 3 is 2.62 bits per heavy atom. The Labute approximate surface area is 124 Å². The molecule has 0 fully saturated rings. The van der Waals surface area contributed by atoms with E-state index in [0.717, 1.165) is 18.4 Å². The van der Waals surface area contributed by atoms with Gasteiger partial charge in [0.25, 0.3) is 0 Å². The smallest absolute Gasteiger partial charge is 0.207 e. The molecule has 1 unspecified atom stereocenters. The van der Waals surface area contributed by atoms with Crippen LogP contribution in [0, 0.1) is 11.3 Å². The van der Waals surface area contributed by atoms with Gasteiger partial charge in [0, 0.05) is 6.04 Å². The number of nitrogens with one attached hydrogen (secondary N) is 1. The van der Waals surface area contributed by atoms with Gasteiger partial charge in [-0.25, -0.2) is 13.1 Å². The summed E-state index contributed by atoms with van der Waals surface area (Å²) in [6.45, 7) is 0. The molecule has 2 aromatic carbocycles. The van der Waals surface area contributed by atoms with Crippen molar-refractivity contribution < 1.29 is 8.42 Å². The number of rotatable bonds is 3. The molecule has 1 atom stereocenters. The number of fused-ring (bicyclic) bond motifs is 1. The Hall–Kier alpha value is -2.16. The van der Waals surface area contributed by atoms with Crippen LogP contribution in [0.25, 0.3) is 0 Å². The van der Waals surface area contributed by atoms with E-state index in [1.54, 1.807) is 12.1 Å². The maximum absolute atomic E-state index is 12.5. The quantitative estimate of drug-likeness (QED) is 0.946. The van der Waals surface area contributed by atoms with Crippen molar-refractivity contribution in [1.82, 2.24) is 4.72 Å². The van der Waals surface area contributed by atoms with Gasteiger partial charge in [0.1, 0.15) is 6.07 Å². The molecule has 0 spiro atoms. The average molecular weight is 298 g/mol. The molecule has 0 aromatic heterocycles. The van der Waals surface area contributed by atoms with E-state index in [4.69, 9.17) is 5.26 Å². The van der Waals surface area contributed by atoms with Crippen molar-refractivity contribution in [1.29, 1.82) is 5.26 Å². The molecule has 4 nitrogen and oxygen atoms in total. The van der Waals surface area contributed by atoms with E-state index in [1.165, 1.54) is 17.7 Å². The second kappa shape index (κ2) is 5.32. The van der Waals surface area contributed by atoms with E-state index in [0.29, 0.717) is 0 Å². The number of benzene rings is 2. The zero-order valence-electron chi connectivity index (χ0n) is 11.3. The molecule has 0 radical (unpaired) electrons. The van der Waals surface area contributed by atoms with Crippen LogP contribution in [-0.2, 0) is 16.4 Å². The Kier molecular flexibility index (Phi) is 3.50. The molecule has 1 N–H and O–H groups in total. The molecule has 0 bridgehead atoms. The van der Waals surface area contributed by atoms with Gasteiger partial charge in [0.15, 0.2) is 0 Å². The number of nitrogens with zero attached hydrogens (tertiary/aromatic N) is 1. The third kappa shape index (κ3) is 2.56. The van der Waals surface area contributed by atoms with Crippen molar-refractivity contribution in [2.75, 3.05) is 0 Å². The first-order valence-corrected chi connectivity index (χ1v) is 8.19. The molecule has 3 rings (SSSR count). The molecule has 1 aliphatic carbocycles. The summed E-state index contributed by atoms with van der Waals surface area (Å²) in [7, 11) is -3.70. The van der Waals surface area contributed by atoms with E-state index in [1.807, 2.05) is 30.3 Å². The first kappa shape index (κ1) is 13.8. The first-order valence-electron chi connectivity index (χ1n) is 6.71. The Balaban J connectivity index is 1.94.